The van der Waals surface area contributed by atoms with Crippen molar-refractivity contribution in [3.05, 3.63) is 60.7 Å². The zero-order chi connectivity index (χ0) is 16.9. The summed E-state index contributed by atoms with van der Waals surface area (Å²) in [6, 6.07) is 16.1. The van der Waals surface area contributed by atoms with Gasteiger partial charge in [-0.25, -0.2) is 16.8 Å². The van der Waals surface area contributed by atoms with Gasteiger partial charge >= 0.3 is 0 Å². The lowest BCUT2D eigenvalue weighted by Crippen LogP contribution is -2.35. The lowest BCUT2D eigenvalue weighted by molar-refractivity contribution is 0.562. The van der Waals surface area contributed by atoms with Crippen molar-refractivity contribution in [1.82, 2.24) is 0 Å². The molecule has 23 heavy (non-hydrogen) atoms. The second-order valence-corrected chi connectivity index (χ2v) is 11.0. The van der Waals surface area contributed by atoms with E-state index in [9.17, 15) is 16.8 Å². The zero-order valence-corrected chi connectivity index (χ0v) is 14.6. The summed E-state index contributed by atoms with van der Waals surface area (Å²) in [4.78, 5) is 0.323. The van der Waals surface area contributed by atoms with Gasteiger partial charge in [0, 0.05) is 0 Å². The molecule has 1 aliphatic rings. The van der Waals surface area contributed by atoms with E-state index in [-0.39, 0.29) is 16.2 Å². The normalized spacial score (nSPS) is 27.6. The topological polar surface area (TPSA) is 68.3 Å². The van der Waals surface area contributed by atoms with Crippen molar-refractivity contribution in [2.24, 2.45) is 0 Å². The van der Waals surface area contributed by atoms with Crippen LogP contribution < -0.4 is 0 Å². The van der Waals surface area contributed by atoms with Crippen LogP contribution in [-0.2, 0) is 19.7 Å². The van der Waals surface area contributed by atoms with Crippen molar-refractivity contribution in [2.75, 3.05) is 0 Å². The van der Waals surface area contributed by atoms with Crippen LogP contribution in [0.3, 0.4) is 0 Å². The molecule has 1 aliphatic carbocycles. The van der Waals surface area contributed by atoms with Crippen LogP contribution in [-0.4, -0.2) is 26.3 Å². The highest BCUT2D eigenvalue weighted by atomic mass is 32.2. The van der Waals surface area contributed by atoms with E-state index in [2.05, 4.69) is 0 Å². The van der Waals surface area contributed by atoms with E-state index < -0.39 is 29.2 Å². The van der Waals surface area contributed by atoms with Gasteiger partial charge in [-0.2, -0.15) is 0 Å². The minimum absolute atomic E-state index is 0.0917. The highest BCUT2D eigenvalue weighted by Crippen LogP contribution is 2.61. The predicted octanol–water partition coefficient (Wildman–Crippen LogP) is 2.86. The third-order valence-electron chi connectivity index (χ3n) is 4.96. The SMILES string of the molecule is C[C@]1(S(=O)(=O)c2ccccc2)C[C@]1(C)S(=O)(=O)c1ccccc1. The first kappa shape index (κ1) is 16.2. The zero-order valence-electron chi connectivity index (χ0n) is 12.9. The number of sulfone groups is 2. The van der Waals surface area contributed by atoms with Crippen molar-refractivity contribution in [3.8, 4) is 0 Å². The lowest BCUT2D eigenvalue weighted by atomic mass is 10.3. The number of hydrogen-bond acceptors (Lipinski definition) is 4. The predicted molar refractivity (Wildman–Crippen MR) is 88.7 cm³/mol. The molecule has 0 unspecified atom stereocenters. The van der Waals surface area contributed by atoms with Crippen LogP contribution in [0.25, 0.3) is 0 Å². The summed E-state index contributed by atoms with van der Waals surface area (Å²) in [7, 11) is -7.49. The first-order valence-electron chi connectivity index (χ1n) is 7.26. The molecule has 1 fully saturated rings. The molecule has 0 saturated heterocycles. The quantitative estimate of drug-likeness (QED) is 0.850. The van der Waals surface area contributed by atoms with Crippen LogP contribution in [0.5, 0.6) is 0 Å². The van der Waals surface area contributed by atoms with Crippen molar-refractivity contribution in [1.29, 1.82) is 0 Å². The van der Waals surface area contributed by atoms with Gasteiger partial charge in [-0.15, -0.1) is 0 Å². The van der Waals surface area contributed by atoms with Gasteiger partial charge < -0.3 is 0 Å². The van der Waals surface area contributed by atoms with Gasteiger partial charge in [-0.3, -0.25) is 0 Å². The summed E-state index contributed by atoms with van der Waals surface area (Å²) in [5.74, 6) is 0. The number of hydrogen-bond donors (Lipinski definition) is 0. The number of benzene rings is 2. The van der Waals surface area contributed by atoms with E-state index in [1.54, 1.807) is 36.4 Å². The summed E-state index contributed by atoms with van der Waals surface area (Å²) in [6.07, 6.45) is 0.0917. The van der Waals surface area contributed by atoms with Crippen LogP contribution in [0, 0.1) is 0 Å². The highest BCUT2D eigenvalue weighted by molar-refractivity contribution is 7.98. The fourth-order valence-electron chi connectivity index (χ4n) is 3.08. The summed E-state index contributed by atoms with van der Waals surface area (Å²) >= 11 is 0. The smallest absolute Gasteiger partial charge is 0.185 e. The van der Waals surface area contributed by atoms with Crippen LogP contribution >= 0.6 is 0 Å². The van der Waals surface area contributed by atoms with Crippen LogP contribution in [0.1, 0.15) is 20.3 Å². The molecule has 122 valence electrons. The fourth-order valence-corrected chi connectivity index (χ4v) is 7.99. The van der Waals surface area contributed by atoms with Gasteiger partial charge in [0.05, 0.1) is 19.3 Å². The molecule has 0 aromatic heterocycles. The van der Waals surface area contributed by atoms with E-state index in [4.69, 9.17) is 0 Å². The van der Waals surface area contributed by atoms with E-state index >= 15 is 0 Å². The molecule has 0 heterocycles. The molecule has 2 aromatic rings. The second-order valence-electron chi connectivity index (χ2n) is 6.27. The van der Waals surface area contributed by atoms with Gasteiger partial charge in [0.15, 0.2) is 19.7 Å². The third-order valence-corrected chi connectivity index (χ3v) is 10.4. The third kappa shape index (κ3) is 2.08. The molecule has 0 amide bonds. The highest BCUT2D eigenvalue weighted by Gasteiger charge is 2.75. The average molecular weight is 350 g/mol. The van der Waals surface area contributed by atoms with Crippen LogP contribution in [0.15, 0.2) is 70.5 Å². The molecule has 6 heteroatoms. The summed E-state index contributed by atoms with van der Waals surface area (Å²) in [5, 5.41) is 0. The van der Waals surface area contributed by atoms with Gasteiger partial charge in [0.1, 0.15) is 0 Å². The van der Waals surface area contributed by atoms with Crippen molar-refractivity contribution in [2.45, 2.75) is 39.6 Å². The van der Waals surface area contributed by atoms with Gasteiger partial charge in [0.2, 0.25) is 0 Å². The van der Waals surface area contributed by atoms with Gasteiger partial charge in [-0.05, 0) is 44.5 Å². The Labute approximate surface area is 137 Å². The van der Waals surface area contributed by atoms with Crippen molar-refractivity contribution >= 4 is 19.7 Å². The first-order valence-corrected chi connectivity index (χ1v) is 10.2. The Balaban J connectivity index is 2.08. The minimum atomic E-state index is -3.74. The maximum absolute atomic E-state index is 12.9. The average Bonchev–Trinajstić information content (AvgIpc) is 3.15. The Morgan fingerprint density at radius 3 is 1.26 bits per heavy atom. The molecule has 0 bridgehead atoms. The van der Waals surface area contributed by atoms with Crippen molar-refractivity contribution < 1.29 is 16.8 Å². The van der Waals surface area contributed by atoms with Gasteiger partial charge in [-0.1, -0.05) is 36.4 Å². The van der Waals surface area contributed by atoms with Gasteiger partial charge in [0.25, 0.3) is 0 Å². The van der Waals surface area contributed by atoms with E-state index in [0.717, 1.165) is 0 Å². The summed E-state index contributed by atoms with van der Waals surface area (Å²) < 4.78 is 49.1. The Kier molecular flexibility index (Phi) is 3.46. The molecule has 0 spiro atoms. The lowest BCUT2D eigenvalue weighted by Gasteiger charge is -2.20. The molecule has 3 rings (SSSR count). The molecule has 0 aliphatic heterocycles. The Morgan fingerprint density at radius 2 is 0.957 bits per heavy atom. The van der Waals surface area contributed by atoms with Crippen LogP contribution in [0.2, 0.25) is 0 Å². The standard InChI is InChI=1S/C17H18O4S2/c1-16(22(18,19)14-9-5-3-6-10-14)13-17(16,2)23(20,21)15-11-7-4-8-12-15/h3-12H,13H2,1-2H3/t16-,17-/m0/s1. The Bertz CT molecular complexity index is 855. The molecule has 0 N–H and O–H groups in total. The molecule has 0 radical (unpaired) electrons. The molecular weight excluding hydrogens is 332 g/mol. The maximum Gasteiger partial charge on any atom is 0.185 e. The van der Waals surface area contributed by atoms with Crippen LogP contribution in [0.4, 0.5) is 0 Å². The van der Waals surface area contributed by atoms with E-state index in [1.807, 2.05) is 0 Å². The minimum Gasteiger partial charge on any atom is -0.223 e. The second kappa shape index (κ2) is 4.92. The maximum atomic E-state index is 12.9. The molecule has 4 nitrogen and oxygen atoms in total. The fraction of sp³-hybridized carbons (Fsp3) is 0.294. The first-order chi connectivity index (χ1) is 10.7. The summed E-state index contributed by atoms with van der Waals surface area (Å²) in [5.41, 5.74) is 0. The van der Waals surface area contributed by atoms with E-state index in [0.29, 0.717) is 0 Å². The largest absolute Gasteiger partial charge is 0.223 e. The molecular formula is C17H18O4S2. The van der Waals surface area contributed by atoms with E-state index in [1.165, 1.54) is 38.1 Å². The number of rotatable bonds is 4. The monoisotopic (exact) mass is 350 g/mol. The molecule has 1 saturated carbocycles. The molecule has 2 atom stereocenters. The molecule has 2 aromatic carbocycles. The summed E-state index contributed by atoms with van der Waals surface area (Å²) in [6.45, 7) is 3.05. The van der Waals surface area contributed by atoms with Crippen molar-refractivity contribution in [3.63, 3.8) is 0 Å². The Hall–Kier alpha value is -1.66. The Morgan fingerprint density at radius 1 is 0.652 bits per heavy atom.